The summed E-state index contributed by atoms with van der Waals surface area (Å²) in [5.74, 6) is -0.178. The molecule has 0 aliphatic heterocycles. The lowest BCUT2D eigenvalue weighted by molar-refractivity contribution is -0.384. The number of fused-ring (bicyclic) bond motifs is 1. The lowest BCUT2D eigenvalue weighted by Gasteiger charge is -2.20. The number of hydrogen-bond donors (Lipinski definition) is 0. The summed E-state index contributed by atoms with van der Waals surface area (Å²) >= 11 is 1.50. The average Bonchev–Trinajstić information content (AvgIpc) is 3.09. The van der Waals surface area contributed by atoms with Crippen LogP contribution in [0.1, 0.15) is 16.7 Å². The molecule has 1 aromatic heterocycles. The number of carbonyl (C=O) groups is 1. The first kappa shape index (κ1) is 21.6. The molecule has 0 fully saturated rings. The summed E-state index contributed by atoms with van der Waals surface area (Å²) in [6.07, 6.45) is 3.15. The van der Waals surface area contributed by atoms with Gasteiger partial charge in [0.25, 0.3) is 11.6 Å². The molecule has 0 saturated heterocycles. The summed E-state index contributed by atoms with van der Waals surface area (Å²) in [6, 6.07) is 10.2. The Morgan fingerprint density at radius 1 is 1.13 bits per heavy atom. The van der Waals surface area contributed by atoms with Crippen molar-refractivity contribution >= 4 is 44.4 Å². The van der Waals surface area contributed by atoms with Crippen LogP contribution in [-0.4, -0.2) is 47.9 Å². The van der Waals surface area contributed by atoms with E-state index in [4.69, 9.17) is 4.98 Å². The minimum Gasteiger partial charge on any atom is -0.308 e. The van der Waals surface area contributed by atoms with Gasteiger partial charge >= 0.3 is 0 Å². The van der Waals surface area contributed by atoms with E-state index in [0.29, 0.717) is 18.2 Å². The molecule has 3 aromatic rings. The smallest absolute Gasteiger partial charge is 0.269 e. The number of aromatic nitrogens is 1. The largest absolute Gasteiger partial charge is 0.308 e. The van der Waals surface area contributed by atoms with Crippen molar-refractivity contribution in [1.82, 2.24) is 9.88 Å². The number of non-ortho nitro benzene ring substituents is 1. The molecule has 156 valence electrons. The van der Waals surface area contributed by atoms with Gasteiger partial charge in [-0.15, -0.1) is 0 Å². The number of likely N-dealkylation sites (N-methyl/N-ethyl adjacent to an activating group) is 1. The number of benzene rings is 2. The third kappa shape index (κ3) is 5.08. The van der Waals surface area contributed by atoms with Gasteiger partial charge in [-0.05, 0) is 75.0 Å². The molecule has 3 rings (SSSR count). The number of aryl methyl sites for hydroxylation is 2. The number of nitro groups is 1. The molecule has 0 unspecified atom stereocenters. The van der Waals surface area contributed by atoms with Crippen molar-refractivity contribution in [2.24, 2.45) is 0 Å². The molecule has 7 nitrogen and oxygen atoms in total. The van der Waals surface area contributed by atoms with Crippen LogP contribution in [0.2, 0.25) is 0 Å². The summed E-state index contributed by atoms with van der Waals surface area (Å²) in [5.41, 5.74) is 3.99. The Morgan fingerprint density at radius 3 is 2.43 bits per heavy atom. The standard InChI is InChI=1S/C22H24N4O3S/c1-15-13-19-20(14-16(15)2)30-22(23-19)25(12-11-24(3)4)21(27)10-7-17-5-8-18(9-6-17)26(28)29/h5-10,13-14H,11-12H2,1-4H3/b10-7+. The zero-order valence-electron chi connectivity index (χ0n) is 17.5. The normalized spacial score (nSPS) is 11.5. The number of carbonyl (C=O) groups excluding carboxylic acids is 1. The fourth-order valence-corrected chi connectivity index (χ4v) is 3.92. The molecule has 0 N–H and O–H groups in total. The molecule has 1 heterocycles. The Bertz CT molecular complexity index is 1060. The average molecular weight is 425 g/mol. The number of rotatable bonds is 7. The van der Waals surface area contributed by atoms with Crippen LogP contribution >= 0.6 is 11.3 Å². The maximum Gasteiger partial charge on any atom is 0.269 e. The van der Waals surface area contributed by atoms with Gasteiger partial charge in [0.15, 0.2) is 5.13 Å². The van der Waals surface area contributed by atoms with Crippen molar-refractivity contribution < 1.29 is 9.72 Å². The maximum atomic E-state index is 13.0. The van der Waals surface area contributed by atoms with Crippen LogP contribution in [0.15, 0.2) is 42.5 Å². The first-order valence-corrected chi connectivity index (χ1v) is 10.3. The van der Waals surface area contributed by atoms with E-state index in [-0.39, 0.29) is 11.6 Å². The highest BCUT2D eigenvalue weighted by molar-refractivity contribution is 7.22. The van der Waals surface area contributed by atoms with Crippen molar-refractivity contribution in [3.8, 4) is 0 Å². The van der Waals surface area contributed by atoms with Crippen LogP contribution in [0.3, 0.4) is 0 Å². The Kier molecular flexibility index (Phi) is 6.59. The number of nitro benzene ring substituents is 1. The van der Waals surface area contributed by atoms with Crippen molar-refractivity contribution in [1.29, 1.82) is 0 Å². The van der Waals surface area contributed by atoms with Crippen LogP contribution in [0.4, 0.5) is 10.8 Å². The fourth-order valence-electron chi connectivity index (χ4n) is 2.85. The van der Waals surface area contributed by atoms with Gasteiger partial charge in [0.05, 0.1) is 15.1 Å². The van der Waals surface area contributed by atoms with Crippen LogP contribution < -0.4 is 4.90 Å². The number of hydrogen-bond acceptors (Lipinski definition) is 6. The van der Waals surface area contributed by atoms with Crippen molar-refractivity contribution in [2.45, 2.75) is 13.8 Å². The van der Waals surface area contributed by atoms with Crippen LogP contribution in [-0.2, 0) is 4.79 Å². The number of nitrogens with zero attached hydrogens (tertiary/aromatic N) is 4. The van der Waals surface area contributed by atoms with Crippen LogP contribution in [0.25, 0.3) is 16.3 Å². The Morgan fingerprint density at radius 2 is 1.80 bits per heavy atom. The molecule has 0 aliphatic carbocycles. The van der Waals surface area contributed by atoms with E-state index in [1.54, 1.807) is 23.1 Å². The van der Waals surface area contributed by atoms with Crippen molar-refractivity contribution in [3.05, 3.63) is 69.3 Å². The monoisotopic (exact) mass is 424 g/mol. The first-order valence-electron chi connectivity index (χ1n) is 9.51. The fraction of sp³-hybridized carbons (Fsp3) is 0.273. The molecule has 0 saturated carbocycles. The number of anilines is 1. The zero-order chi connectivity index (χ0) is 21.8. The van der Waals surface area contributed by atoms with Gasteiger partial charge in [-0.1, -0.05) is 11.3 Å². The summed E-state index contributed by atoms with van der Waals surface area (Å²) in [7, 11) is 3.92. The molecular weight excluding hydrogens is 400 g/mol. The Hall–Kier alpha value is -3.10. The lowest BCUT2D eigenvalue weighted by Crippen LogP contribution is -2.35. The van der Waals surface area contributed by atoms with E-state index in [1.807, 2.05) is 25.1 Å². The van der Waals surface area contributed by atoms with Gasteiger partial charge in [0.2, 0.25) is 0 Å². The minimum absolute atomic E-state index is 0.0196. The van der Waals surface area contributed by atoms with Gasteiger partial charge in [-0.3, -0.25) is 19.8 Å². The van der Waals surface area contributed by atoms with Crippen molar-refractivity contribution in [3.63, 3.8) is 0 Å². The quantitative estimate of drug-likeness (QED) is 0.318. The molecule has 0 aliphatic rings. The second kappa shape index (κ2) is 9.15. The third-order valence-electron chi connectivity index (χ3n) is 4.78. The molecule has 30 heavy (non-hydrogen) atoms. The summed E-state index contributed by atoms with van der Waals surface area (Å²) in [6.45, 7) is 5.32. The predicted octanol–water partition coefficient (Wildman–Crippen LogP) is 4.43. The van der Waals surface area contributed by atoms with E-state index in [9.17, 15) is 14.9 Å². The highest BCUT2D eigenvalue weighted by Gasteiger charge is 2.18. The highest BCUT2D eigenvalue weighted by Crippen LogP contribution is 2.31. The third-order valence-corrected chi connectivity index (χ3v) is 5.82. The predicted molar refractivity (Wildman–Crippen MR) is 122 cm³/mol. The lowest BCUT2D eigenvalue weighted by atomic mass is 10.1. The van der Waals surface area contributed by atoms with E-state index in [0.717, 1.165) is 15.8 Å². The number of amides is 1. The Labute approximate surface area is 179 Å². The summed E-state index contributed by atoms with van der Waals surface area (Å²) in [4.78, 5) is 31.7. The van der Waals surface area contributed by atoms with Gasteiger partial charge in [0.1, 0.15) is 0 Å². The van der Waals surface area contributed by atoms with Gasteiger partial charge < -0.3 is 4.90 Å². The molecule has 0 spiro atoms. The highest BCUT2D eigenvalue weighted by atomic mass is 32.1. The SMILES string of the molecule is Cc1cc2nc(N(CCN(C)C)C(=O)/C=C/c3ccc([N+](=O)[O-])cc3)sc2cc1C. The van der Waals surface area contributed by atoms with Gasteiger partial charge in [0, 0.05) is 31.3 Å². The van der Waals surface area contributed by atoms with Crippen LogP contribution in [0, 0.1) is 24.0 Å². The number of thiazole rings is 1. The topological polar surface area (TPSA) is 79.6 Å². The molecule has 1 amide bonds. The molecular formula is C22H24N4O3S. The molecule has 8 heteroatoms. The van der Waals surface area contributed by atoms with Crippen molar-refractivity contribution in [2.75, 3.05) is 32.1 Å². The maximum absolute atomic E-state index is 13.0. The molecule has 0 radical (unpaired) electrons. The molecule has 0 atom stereocenters. The molecule has 0 bridgehead atoms. The van der Waals surface area contributed by atoms with Gasteiger partial charge in [-0.2, -0.15) is 0 Å². The van der Waals surface area contributed by atoms with E-state index >= 15 is 0 Å². The second-order valence-corrected chi connectivity index (χ2v) is 8.38. The molecule has 2 aromatic carbocycles. The second-order valence-electron chi connectivity index (χ2n) is 7.38. The van der Waals surface area contributed by atoms with E-state index in [2.05, 4.69) is 19.9 Å². The first-order chi connectivity index (χ1) is 14.2. The van der Waals surface area contributed by atoms with Crippen LogP contribution in [0.5, 0.6) is 0 Å². The van der Waals surface area contributed by atoms with E-state index < -0.39 is 4.92 Å². The minimum atomic E-state index is -0.446. The summed E-state index contributed by atoms with van der Waals surface area (Å²) in [5, 5.41) is 11.4. The summed E-state index contributed by atoms with van der Waals surface area (Å²) < 4.78 is 1.05. The van der Waals surface area contributed by atoms with Gasteiger partial charge in [-0.25, -0.2) is 4.98 Å². The Balaban J connectivity index is 1.87. The zero-order valence-corrected chi connectivity index (χ0v) is 18.3. The van der Waals surface area contributed by atoms with E-state index in [1.165, 1.54) is 40.7 Å².